The van der Waals surface area contributed by atoms with Crippen molar-refractivity contribution in [2.45, 2.75) is 171 Å². The molecule has 0 saturated carbocycles. The summed E-state index contributed by atoms with van der Waals surface area (Å²) in [5, 5.41) is 13.4. The highest BCUT2D eigenvalue weighted by Crippen LogP contribution is 2.37. The van der Waals surface area contributed by atoms with Crippen molar-refractivity contribution in [3.05, 3.63) is 248 Å². The molecule has 0 bridgehead atoms. The summed E-state index contributed by atoms with van der Waals surface area (Å²) in [6.45, 7) is 26.3. The topological polar surface area (TPSA) is 45.6 Å². The van der Waals surface area contributed by atoms with E-state index >= 15 is 0 Å². The number of benzene rings is 5. The van der Waals surface area contributed by atoms with Crippen LogP contribution in [0.3, 0.4) is 0 Å². The molecule has 0 atom stereocenters. The van der Waals surface area contributed by atoms with Crippen molar-refractivity contribution in [3.63, 3.8) is 0 Å². The Morgan fingerprint density at radius 2 is 0.918 bits per heavy atom. The predicted molar refractivity (Wildman–Crippen MR) is 412 cm³/mol. The monoisotopic (exact) mass is 1350 g/mol. The summed E-state index contributed by atoms with van der Waals surface area (Å²) >= 11 is 10.0. The van der Waals surface area contributed by atoms with Crippen LogP contribution >= 0.6 is 34.3 Å². The minimum Gasteiger partial charge on any atom is -0.344 e. The largest absolute Gasteiger partial charge is 0.344 e. The molecular weight excluding hydrogens is 1250 g/mol. The maximum absolute atomic E-state index is 6.28. The van der Waals surface area contributed by atoms with E-state index in [1.165, 1.54) is 163 Å². The third-order valence-electron chi connectivity index (χ3n) is 22.0. The Hall–Kier alpha value is -7.06. The number of likely N-dealkylation sites (N-methyl/N-ethyl adjacent to an activating group) is 4. The molecule has 12 heteroatoms. The van der Waals surface area contributed by atoms with E-state index in [1.807, 2.05) is 41.9 Å². The first-order chi connectivity index (χ1) is 47.1. The number of fused-ring (bicyclic) bond motifs is 13. The molecule has 4 aliphatic heterocycles. The highest BCUT2D eigenvalue weighted by Gasteiger charge is 2.27. The summed E-state index contributed by atoms with van der Waals surface area (Å²) in [6.07, 6.45) is 16.3. The number of nitrogens with zero attached hydrogens (tertiary/aromatic N) is 9. The first kappa shape index (κ1) is 67.1. The van der Waals surface area contributed by atoms with E-state index in [1.54, 1.807) is 50.5 Å². The second kappa shape index (κ2) is 29.4. The molecule has 97 heavy (non-hydrogen) atoms. The fourth-order valence-electron chi connectivity index (χ4n) is 16.6. The molecule has 0 unspecified atom stereocenters. The molecule has 12 aromatic rings. The van der Waals surface area contributed by atoms with E-state index in [9.17, 15) is 0 Å². The SMILES string of the molecule is Cc1ccc(CCn2c3c(c4ccc(Cl)cc42)CN(C)CC3)cn1.Cc1ccc2c(c1)c1c(n2CCc2cccc3c2CCCC3)CCN(C)C1.Cc1ccc2c(c1)c1c(n2CCc2cscc2C)CCN(C)C1.Cc1ccc2c(c1)c1c(n2CCc2sccc2C)CCN(C)C1. The van der Waals surface area contributed by atoms with Crippen LogP contribution in [0.5, 0.6) is 0 Å². The third-order valence-corrected chi connectivity index (χ3v) is 24.2. The van der Waals surface area contributed by atoms with Crippen LogP contribution in [0, 0.1) is 41.5 Å². The number of thiophene rings is 2. The smallest absolute Gasteiger partial charge is 0.0500 e. The van der Waals surface area contributed by atoms with Crippen LogP contribution in [0.2, 0.25) is 5.02 Å². The highest BCUT2D eigenvalue weighted by atomic mass is 35.5. The van der Waals surface area contributed by atoms with Gasteiger partial charge in [-0.3, -0.25) is 4.98 Å². The predicted octanol–water partition coefficient (Wildman–Crippen LogP) is 18.4. The van der Waals surface area contributed by atoms with Gasteiger partial charge in [0.1, 0.15) is 0 Å². The van der Waals surface area contributed by atoms with E-state index < -0.39 is 0 Å². The van der Waals surface area contributed by atoms with Crippen molar-refractivity contribution in [2.75, 3.05) is 54.4 Å². The quantitative estimate of drug-likeness (QED) is 0.122. The summed E-state index contributed by atoms with van der Waals surface area (Å²) in [7, 11) is 8.91. The zero-order valence-electron chi connectivity index (χ0n) is 59.4. The molecule has 17 rings (SSSR count). The summed E-state index contributed by atoms with van der Waals surface area (Å²) in [5.41, 5.74) is 33.6. The van der Waals surface area contributed by atoms with Crippen LogP contribution in [-0.2, 0) is 117 Å². The number of hydrogen-bond donors (Lipinski definition) is 0. The van der Waals surface area contributed by atoms with Crippen molar-refractivity contribution >= 4 is 77.9 Å². The van der Waals surface area contributed by atoms with Crippen LogP contribution in [0.4, 0.5) is 0 Å². The van der Waals surface area contributed by atoms with E-state index in [-0.39, 0.29) is 0 Å². The molecule has 0 radical (unpaired) electrons. The van der Waals surface area contributed by atoms with E-state index in [4.69, 9.17) is 11.6 Å². The van der Waals surface area contributed by atoms with E-state index in [0.717, 1.165) is 102 Å². The molecule has 9 nitrogen and oxygen atoms in total. The first-order valence-electron chi connectivity index (χ1n) is 36.0. The molecule has 5 aromatic carbocycles. The molecular formula is C85H100ClN9S2. The summed E-state index contributed by atoms with van der Waals surface area (Å²) in [5.74, 6) is 0. The van der Waals surface area contributed by atoms with Gasteiger partial charge in [0, 0.05) is 187 Å². The average molecular weight is 1350 g/mol. The normalized spacial score (nSPS) is 15.7. The summed E-state index contributed by atoms with van der Waals surface area (Å²) in [6, 6.07) is 40.7. The number of rotatable bonds is 12. The zero-order valence-corrected chi connectivity index (χ0v) is 61.8. The molecule has 0 spiro atoms. The standard InChI is InChI=1S/C25H30N2.C20H22ClN3.2C20H24N2S/c1-18-10-11-24-22(16-18)23-17-26(2)14-13-25(23)27(24)15-12-20-8-5-7-19-6-3-4-9-21(19)20;1-14-3-4-15(12-22-14)7-10-24-19-8-9-23(2)13-18(19)17-6-5-16(21)11-20(17)24;1-14-4-5-18-16(12-14)17-13-21(3)9-6-19(17)22(18)10-7-20-15(2)8-11-23-20;1-14-4-5-19-17(10-14)18-11-21(3)8-7-20(18)22(19)9-6-16-13-23-12-15(16)2/h5,7-8,10-11,16H,3-4,6,9,12-15,17H2,1-2H3;3-6,11-12H,7-10,13H2,1-2H3;4-5,8,11-12H,6-7,9-10,13H2,1-3H3;4-5,10,12-13H,6-9,11H2,1-3H3. The number of hydrogen-bond acceptors (Lipinski definition) is 7. The lowest BCUT2D eigenvalue weighted by Crippen LogP contribution is -2.27. The Balaban J connectivity index is 0.000000111. The van der Waals surface area contributed by atoms with Gasteiger partial charge >= 0.3 is 0 Å². The fraction of sp³-hybridized carbons (Fsp3) is 0.400. The average Bonchev–Trinajstić information content (AvgIpc) is 1.64. The van der Waals surface area contributed by atoms with Gasteiger partial charge < -0.3 is 37.9 Å². The number of aromatic nitrogens is 5. The number of halogens is 1. The van der Waals surface area contributed by atoms with E-state index in [2.05, 4.69) is 225 Å². The second-order valence-corrected chi connectivity index (χ2v) is 31.3. The Morgan fingerprint density at radius 1 is 0.423 bits per heavy atom. The zero-order chi connectivity index (χ0) is 67.0. The van der Waals surface area contributed by atoms with Crippen LogP contribution < -0.4 is 0 Å². The lowest BCUT2D eigenvalue weighted by Gasteiger charge is -2.24. The minimum absolute atomic E-state index is 0.809. The van der Waals surface area contributed by atoms with Gasteiger partial charge in [-0.05, 0) is 259 Å². The number of aryl methyl sites for hydroxylation is 15. The van der Waals surface area contributed by atoms with Gasteiger partial charge in [0.25, 0.3) is 0 Å². The first-order valence-corrected chi connectivity index (χ1v) is 38.2. The Bertz CT molecular complexity index is 4650. The molecule has 1 aliphatic carbocycles. The molecule has 7 aromatic heterocycles. The van der Waals surface area contributed by atoms with Crippen LogP contribution in [0.25, 0.3) is 43.6 Å². The number of pyridine rings is 1. The Labute approximate surface area is 589 Å². The van der Waals surface area contributed by atoms with Crippen LogP contribution in [0.1, 0.15) is 124 Å². The van der Waals surface area contributed by atoms with Crippen molar-refractivity contribution in [3.8, 4) is 0 Å². The van der Waals surface area contributed by atoms with Crippen molar-refractivity contribution in [1.82, 2.24) is 42.9 Å². The molecule has 11 heterocycles. The molecule has 5 aliphatic rings. The van der Waals surface area contributed by atoms with Gasteiger partial charge in [0.2, 0.25) is 0 Å². The van der Waals surface area contributed by atoms with E-state index in [0.29, 0.717) is 0 Å². The Morgan fingerprint density at radius 3 is 1.41 bits per heavy atom. The van der Waals surface area contributed by atoms with Gasteiger partial charge in [0.05, 0.1) is 5.52 Å². The van der Waals surface area contributed by atoms with Gasteiger partial charge in [-0.2, -0.15) is 11.3 Å². The maximum Gasteiger partial charge on any atom is 0.0500 e. The van der Waals surface area contributed by atoms with Crippen LogP contribution in [0.15, 0.2) is 132 Å². The maximum atomic E-state index is 6.28. The summed E-state index contributed by atoms with van der Waals surface area (Å²) < 4.78 is 10.3. The van der Waals surface area contributed by atoms with Crippen molar-refractivity contribution in [1.29, 1.82) is 0 Å². The van der Waals surface area contributed by atoms with Crippen molar-refractivity contribution < 1.29 is 0 Å². The lowest BCUT2D eigenvalue weighted by molar-refractivity contribution is 0.309. The molecule has 0 N–H and O–H groups in total. The van der Waals surface area contributed by atoms with Gasteiger partial charge in [-0.15, -0.1) is 11.3 Å². The second-order valence-electron chi connectivity index (χ2n) is 29.2. The minimum atomic E-state index is 0.809. The molecule has 0 saturated heterocycles. The van der Waals surface area contributed by atoms with Crippen LogP contribution in [-0.4, -0.2) is 97.2 Å². The molecule has 0 amide bonds. The van der Waals surface area contributed by atoms with Gasteiger partial charge in [-0.25, -0.2) is 0 Å². The molecule has 0 fully saturated rings. The summed E-state index contributed by atoms with van der Waals surface area (Å²) in [4.78, 5) is 15.7. The van der Waals surface area contributed by atoms with Gasteiger partial charge in [-0.1, -0.05) is 76.8 Å². The van der Waals surface area contributed by atoms with Crippen molar-refractivity contribution in [2.24, 2.45) is 0 Å². The third kappa shape index (κ3) is 14.4. The fourth-order valence-corrected chi connectivity index (χ4v) is 18.6. The van der Waals surface area contributed by atoms with Gasteiger partial charge in [0.15, 0.2) is 0 Å². The molecule has 504 valence electrons. The Kier molecular flexibility index (Phi) is 20.4. The highest BCUT2D eigenvalue weighted by molar-refractivity contribution is 7.10. The lowest BCUT2D eigenvalue weighted by atomic mass is 9.87.